The Morgan fingerprint density at radius 3 is 2.75 bits per heavy atom. The number of aliphatic hydroxyl groups is 1. The summed E-state index contributed by atoms with van der Waals surface area (Å²) in [5.74, 6) is 0. The number of hydrogen-bond acceptors (Lipinski definition) is 2. The van der Waals surface area contributed by atoms with Gasteiger partial charge in [0.15, 0.2) is 0 Å². The van der Waals surface area contributed by atoms with Gasteiger partial charge in [-0.05, 0) is 45.1 Å². The molecule has 12 heavy (non-hydrogen) atoms. The molecule has 1 aliphatic rings. The van der Waals surface area contributed by atoms with E-state index in [0.717, 1.165) is 38.5 Å². The quantitative estimate of drug-likeness (QED) is 0.617. The molecule has 0 aromatic heterocycles. The number of rotatable bonds is 2. The third-order valence-electron chi connectivity index (χ3n) is 2.57. The first-order valence-corrected chi connectivity index (χ1v) is 4.84. The first kappa shape index (κ1) is 9.75. The van der Waals surface area contributed by atoms with Crippen molar-refractivity contribution in [2.24, 2.45) is 5.73 Å². The summed E-state index contributed by atoms with van der Waals surface area (Å²) in [6, 6.07) is 0. The summed E-state index contributed by atoms with van der Waals surface area (Å²) in [5.41, 5.74) is 4.98. The first-order chi connectivity index (χ1) is 5.77. The monoisotopic (exact) mass is 169 g/mol. The molecule has 0 fully saturated rings. The molecular formula is C10H19NO. The van der Waals surface area contributed by atoms with Gasteiger partial charge in [0, 0.05) is 0 Å². The van der Waals surface area contributed by atoms with Crippen molar-refractivity contribution in [3.05, 3.63) is 12.2 Å². The van der Waals surface area contributed by atoms with Gasteiger partial charge in [-0.15, -0.1) is 0 Å². The van der Waals surface area contributed by atoms with Crippen LogP contribution in [0.15, 0.2) is 12.2 Å². The van der Waals surface area contributed by atoms with Gasteiger partial charge in [-0.3, -0.25) is 0 Å². The molecular weight excluding hydrogens is 150 g/mol. The fraction of sp³-hybridized carbons (Fsp3) is 0.800. The van der Waals surface area contributed by atoms with Crippen molar-refractivity contribution in [2.45, 2.75) is 44.1 Å². The fourth-order valence-corrected chi connectivity index (χ4v) is 1.78. The number of allylic oxidation sites excluding steroid dienone is 2. The molecule has 0 unspecified atom stereocenters. The Hall–Kier alpha value is -0.340. The minimum Gasteiger partial charge on any atom is -0.390 e. The van der Waals surface area contributed by atoms with Crippen LogP contribution < -0.4 is 5.73 Å². The van der Waals surface area contributed by atoms with Crippen LogP contribution in [0.5, 0.6) is 0 Å². The van der Waals surface area contributed by atoms with Crippen molar-refractivity contribution in [1.29, 1.82) is 0 Å². The normalized spacial score (nSPS) is 33.8. The van der Waals surface area contributed by atoms with Crippen molar-refractivity contribution in [3.63, 3.8) is 0 Å². The molecule has 70 valence electrons. The average Bonchev–Trinajstić information content (AvgIpc) is 1.99. The molecule has 0 aromatic carbocycles. The van der Waals surface area contributed by atoms with Gasteiger partial charge in [0.1, 0.15) is 0 Å². The lowest BCUT2D eigenvalue weighted by Gasteiger charge is -2.28. The molecule has 0 saturated carbocycles. The fourth-order valence-electron chi connectivity index (χ4n) is 1.78. The Balaban J connectivity index is 2.45. The molecule has 1 rings (SSSR count). The number of nitrogens with two attached hydrogens (primary N) is 1. The van der Waals surface area contributed by atoms with Gasteiger partial charge in [0.2, 0.25) is 0 Å². The van der Waals surface area contributed by atoms with E-state index in [9.17, 15) is 5.11 Å². The van der Waals surface area contributed by atoms with Gasteiger partial charge in [-0.1, -0.05) is 12.2 Å². The molecule has 0 aliphatic heterocycles. The molecule has 0 saturated heterocycles. The van der Waals surface area contributed by atoms with Crippen LogP contribution >= 0.6 is 0 Å². The van der Waals surface area contributed by atoms with E-state index >= 15 is 0 Å². The largest absolute Gasteiger partial charge is 0.390 e. The first-order valence-electron chi connectivity index (χ1n) is 4.84. The predicted octanol–water partition coefficient (Wildman–Crippen LogP) is 1.59. The minimum absolute atomic E-state index is 0.473. The minimum atomic E-state index is -0.473. The van der Waals surface area contributed by atoms with E-state index in [-0.39, 0.29) is 0 Å². The summed E-state index contributed by atoms with van der Waals surface area (Å²) in [5, 5.41) is 10.1. The average molecular weight is 169 g/mol. The maximum Gasteiger partial charge on any atom is 0.0662 e. The zero-order valence-corrected chi connectivity index (χ0v) is 7.63. The third kappa shape index (κ3) is 2.95. The van der Waals surface area contributed by atoms with E-state index in [0.29, 0.717) is 6.54 Å². The molecule has 0 heterocycles. The van der Waals surface area contributed by atoms with Crippen LogP contribution in [0.4, 0.5) is 0 Å². The van der Waals surface area contributed by atoms with Crippen LogP contribution in [-0.2, 0) is 0 Å². The smallest absolute Gasteiger partial charge is 0.0662 e. The molecule has 1 atom stereocenters. The van der Waals surface area contributed by atoms with Gasteiger partial charge in [-0.25, -0.2) is 0 Å². The second-order valence-electron chi connectivity index (χ2n) is 3.67. The Labute approximate surface area is 74.5 Å². The van der Waals surface area contributed by atoms with Crippen LogP contribution in [0.3, 0.4) is 0 Å². The van der Waals surface area contributed by atoms with Crippen LogP contribution in [-0.4, -0.2) is 17.3 Å². The SMILES string of the molecule is NCC[C@@]1(O)CC/C=C\CCC1. The Morgan fingerprint density at radius 2 is 2.00 bits per heavy atom. The van der Waals surface area contributed by atoms with Gasteiger partial charge >= 0.3 is 0 Å². The lowest BCUT2D eigenvalue weighted by atomic mass is 9.87. The second kappa shape index (κ2) is 4.63. The number of hydrogen-bond donors (Lipinski definition) is 2. The Kier molecular flexibility index (Phi) is 3.76. The van der Waals surface area contributed by atoms with Crippen molar-refractivity contribution >= 4 is 0 Å². The van der Waals surface area contributed by atoms with E-state index < -0.39 is 5.60 Å². The summed E-state index contributed by atoms with van der Waals surface area (Å²) in [6.07, 6.45) is 10.1. The van der Waals surface area contributed by atoms with E-state index in [2.05, 4.69) is 12.2 Å². The Bertz CT molecular complexity index is 156. The maximum atomic E-state index is 10.1. The van der Waals surface area contributed by atoms with Crippen LogP contribution in [0, 0.1) is 0 Å². The highest BCUT2D eigenvalue weighted by Crippen LogP contribution is 2.25. The van der Waals surface area contributed by atoms with Crippen LogP contribution in [0.1, 0.15) is 38.5 Å². The highest BCUT2D eigenvalue weighted by Gasteiger charge is 2.24. The van der Waals surface area contributed by atoms with E-state index in [1.807, 2.05) is 0 Å². The van der Waals surface area contributed by atoms with E-state index in [1.54, 1.807) is 0 Å². The molecule has 2 nitrogen and oxygen atoms in total. The molecule has 0 radical (unpaired) electrons. The van der Waals surface area contributed by atoms with Gasteiger partial charge in [0.25, 0.3) is 0 Å². The Morgan fingerprint density at radius 1 is 1.25 bits per heavy atom. The summed E-state index contributed by atoms with van der Waals surface area (Å²) < 4.78 is 0. The third-order valence-corrected chi connectivity index (χ3v) is 2.57. The summed E-state index contributed by atoms with van der Waals surface area (Å²) in [7, 11) is 0. The molecule has 1 aliphatic carbocycles. The van der Waals surface area contributed by atoms with Gasteiger partial charge in [0.05, 0.1) is 5.60 Å². The summed E-state index contributed by atoms with van der Waals surface area (Å²) in [6.45, 7) is 0.597. The molecule has 0 amide bonds. The lowest BCUT2D eigenvalue weighted by molar-refractivity contribution is 0.0150. The van der Waals surface area contributed by atoms with Crippen molar-refractivity contribution < 1.29 is 5.11 Å². The van der Waals surface area contributed by atoms with E-state index in [4.69, 9.17) is 5.73 Å². The summed E-state index contributed by atoms with van der Waals surface area (Å²) in [4.78, 5) is 0. The maximum absolute atomic E-state index is 10.1. The second-order valence-corrected chi connectivity index (χ2v) is 3.67. The van der Waals surface area contributed by atoms with Gasteiger partial charge in [-0.2, -0.15) is 0 Å². The van der Waals surface area contributed by atoms with Gasteiger partial charge < -0.3 is 10.8 Å². The predicted molar refractivity (Wildman–Crippen MR) is 50.8 cm³/mol. The lowest BCUT2D eigenvalue weighted by Crippen LogP contribution is -2.31. The molecule has 3 N–H and O–H groups in total. The van der Waals surface area contributed by atoms with Crippen LogP contribution in [0.25, 0.3) is 0 Å². The molecule has 0 aromatic rings. The molecule has 0 bridgehead atoms. The van der Waals surface area contributed by atoms with E-state index in [1.165, 1.54) is 0 Å². The molecule has 2 heteroatoms. The molecule has 0 spiro atoms. The van der Waals surface area contributed by atoms with Crippen molar-refractivity contribution in [1.82, 2.24) is 0 Å². The van der Waals surface area contributed by atoms with Crippen LogP contribution in [0.2, 0.25) is 0 Å². The standard InChI is InChI=1S/C10H19NO/c11-9-8-10(12)6-4-2-1-3-5-7-10/h1-2,12H,3-9,11H2/b2-1-/t10-/m1/s1. The summed E-state index contributed by atoms with van der Waals surface area (Å²) >= 11 is 0. The topological polar surface area (TPSA) is 46.2 Å². The van der Waals surface area contributed by atoms with Crippen molar-refractivity contribution in [2.75, 3.05) is 6.54 Å². The zero-order valence-electron chi connectivity index (χ0n) is 7.63. The zero-order chi connectivity index (χ0) is 8.86. The van der Waals surface area contributed by atoms with Crippen molar-refractivity contribution in [3.8, 4) is 0 Å². The highest BCUT2D eigenvalue weighted by molar-refractivity contribution is 4.90. The highest BCUT2D eigenvalue weighted by atomic mass is 16.3.